The third-order valence-electron chi connectivity index (χ3n) is 1.39. The Labute approximate surface area is 64.0 Å². The minimum Gasteiger partial charge on any atom is -0.549 e. The summed E-state index contributed by atoms with van der Waals surface area (Å²) in [7, 11) is -0.306. The quantitative estimate of drug-likeness (QED) is 0.584. The van der Waals surface area contributed by atoms with E-state index in [4.69, 9.17) is 4.43 Å². The Hall–Kier alpha value is -0.763. The van der Waals surface area contributed by atoms with Crippen molar-refractivity contribution in [3.63, 3.8) is 0 Å². The number of para-hydroxylation sites is 1. The summed E-state index contributed by atoms with van der Waals surface area (Å²) in [5, 5.41) is 0. The molecule has 0 saturated carbocycles. The molecule has 0 bridgehead atoms. The molecule has 1 aromatic carbocycles. The molecule has 0 fully saturated rings. The second kappa shape index (κ2) is 3.42. The van der Waals surface area contributed by atoms with E-state index in [1.807, 2.05) is 18.2 Å². The molecule has 0 aromatic heterocycles. The van der Waals surface area contributed by atoms with E-state index >= 15 is 0 Å². The lowest BCUT2D eigenvalue weighted by Crippen LogP contribution is -1.96. The second-order valence-corrected chi connectivity index (χ2v) is 3.06. The lowest BCUT2D eigenvalue weighted by Gasteiger charge is -2.05. The highest BCUT2D eigenvalue weighted by molar-refractivity contribution is 6.26. The summed E-state index contributed by atoms with van der Waals surface area (Å²) < 4.78 is 5.48. The fraction of sp³-hybridized carbons (Fsp3) is 0.250. The van der Waals surface area contributed by atoms with Gasteiger partial charge in [0.25, 0.3) is 0 Å². The molecule has 0 amide bonds. The summed E-state index contributed by atoms with van der Waals surface area (Å²) in [4.78, 5) is 0. The van der Waals surface area contributed by atoms with Crippen molar-refractivity contribution in [3.05, 3.63) is 29.8 Å². The van der Waals surface area contributed by atoms with Crippen molar-refractivity contribution in [2.75, 3.05) is 0 Å². The van der Waals surface area contributed by atoms with E-state index in [0.717, 1.165) is 5.75 Å². The van der Waals surface area contributed by atoms with Gasteiger partial charge in [0.1, 0.15) is 5.75 Å². The van der Waals surface area contributed by atoms with Crippen LogP contribution in [0, 0.1) is 6.92 Å². The van der Waals surface area contributed by atoms with Crippen molar-refractivity contribution in [2.24, 2.45) is 0 Å². The van der Waals surface area contributed by atoms with Crippen molar-refractivity contribution >= 4 is 9.76 Å². The van der Waals surface area contributed by atoms with Gasteiger partial charge in [-0.15, -0.1) is 0 Å². The maximum Gasteiger partial charge on any atom is 0.216 e. The summed E-state index contributed by atoms with van der Waals surface area (Å²) in [6.07, 6.45) is 0. The van der Waals surface area contributed by atoms with Crippen LogP contribution in [0.5, 0.6) is 5.75 Å². The zero-order chi connectivity index (χ0) is 7.40. The first kappa shape index (κ1) is 7.35. The van der Waals surface area contributed by atoms with E-state index in [1.54, 1.807) is 0 Å². The highest BCUT2D eigenvalue weighted by Crippen LogP contribution is 2.14. The molecule has 1 nitrogen and oxygen atoms in total. The molecule has 1 aromatic rings. The molecule has 0 aliphatic carbocycles. The molecule has 2 heteroatoms. The lowest BCUT2D eigenvalue weighted by molar-refractivity contribution is 0.594. The van der Waals surface area contributed by atoms with Gasteiger partial charge in [0.05, 0.1) is 0 Å². The monoisotopic (exact) mass is 152 g/mol. The van der Waals surface area contributed by atoms with Gasteiger partial charge in [-0.3, -0.25) is 0 Å². The summed E-state index contributed by atoms with van der Waals surface area (Å²) in [6, 6.07) is 8.12. The van der Waals surface area contributed by atoms with Crippen LogP contribution in [0.15, 0.2) is 24.3 Å². The number of aryl methyl sites for hydroxylation is 1. The van der Waals surface area contributed by atoms with E-state index in [-0.39, 0.29) is 9.76 Å². The zero-order valence-electron chi connectivity index (χ0n) is 6.42. The van der Waals surface area contributed by atoms with Crippen LogP contribution in [0.25, 0.3) is 0 Å². The molecule has 0 radical (unpaired) electrons. The number of hydrogen-bond acceptors (Lipinski definition) is 1. The van der Waals surface area contributed by atoms with Crippen LogP contribution in [0.4, 0.5) is 0 Å². The first-order valence-corrected chi connectivity index (χ1v) is 5.52. The van der Waals surface area contributed by atoms with Gasteiger partial charge in [-0.2, -0.15) is 0 Å². The zero-order valence-corrected chi connectivity index (χ0v) is 7.84. The molecule has 0 heterocycles. The van der Waals surface area contributed by atoms with E-state index in [1.165, 1.54) is 5.56 Å². The Morgan fingerprint density at radius 2 is 2.00 bits per heavy atom. The molecule has 0 atom stereocenters. The molecule has 0 unspecified atom stereocenters. The van der Waals surface area contributed by atoms with E-state index < -0.39 is 0 Å². The number of hydrogen-bond donors (Lipinski definition) is 0. The van der Waals surface area contributed by atoms with Crippen LogP contribution >= 0.6 is 0 Å². The van der Waals surface area contributed by atoms with Crippen molar-refractivity contribution in [2.45, 2.75) is 13.5 Å². The fourth-order valence-electron chi connectivity index (χ4n) is 0.874. The summed E-state index contributed by atoms with van der Waals surface area (Å²) in [5.41, 5.74) is 1.23. The van der Waals surface area contributed by atoms with Crippen LogP contribution in [0.2, 0.25) is 6.55 Å². The van der Waals surface area contributed by atoms with E-state index in [0.29, 0.717) is 0 Å². The predicted molar refractivity (Wildman–Crippen MR) is 46.2 cm³/mol. The van der Waals surface area contributed by atoms with Gasteiger partial charge < -0.3 is 4.43 Å². The molecule has 0 aliphatic heterocycles. The molecule has 0 spiro atoms. The standard InChI is InChI=1S/C8H12OSi/c1-7-5-3-4-6-8(7)9-10-2/h3-6H,10H2,1-2H3. The normalized spacial score (nSPS) is 10.6. The molecular weight excluding hydrogens is 140 g/mol. The van der Waals surface area contributed by atoms with Gasteiger partial charge in [-0.25, -0.2) is 0 Å². The number of benzene rings is 1. The number of rotatable bonds is 2. The average Bonchev–Trinajstić information content (AvgIpc) is 1.94. The molecule has 0 saturated heterocycles. The van der Waals surface area contributed by atoms with Crippen LogP contribution < -0.4 is 4.43 Å². The van der Waals surface area contributed by atoms with Gasteiger partial charge >= 0.3 is 0 Å². The van der Waals surface area contributed by atoms with Crippen molar-refractivity contribution < 1.29 is 4.43 Å². The van der Waals surface area contributed by atoms with Crippen LogP contribution in [-0.2, 0) is 0 Å². The Balaban J connectivity index is 2.81. The first-order valence-electron chi connectivity index (χ1n) is 3.53. The van der Waals surface area contributed by atoms with Gasteiger partial charge in [0, 0.05) is 0 Å². The van der Waals surface area contributed by atoms with E-state index in [9.17, 15) is 0 Å². The highest BCUT2D eigenvalue weighted by atomic mass is 28.2. The second-order valence-electron chi connectivity index (χ2n) is 2.20. The smallest absolute Gasteiger partial charge is 0.216 e. The van der Waals surface area contributed by atoms with Gasteiger partial charge in [-0.05, 0) is 25.1 Å². The Kier molecular flexibility index (Phi) is 2.51. The lowest BCUT2D eigenvalue weighted by atomic mass is 10.2. The highest BCUT2D eigenvalue weighted by Gasteiger charge is 1.92. The minimum atomic E-state index is -0.306. The summed E-state index contributed by atoms with van der Waals surface area (Å²) >= 11 is 0. The van der Waals surface area contributed by atoms with E-state index in [2.05, 4.69) is 19.5 Å². The maximum absolute atomic E-state index is 5.48. The molecular formula is C8H12OSi. The SMILES string of the molecule is C[SiH2]Oc1ccccc1C. The third-order valence-corrected chi connectivity index (χ3v) is 1.99. The van der Waals surface area contributed by atoms with Crippen molar-refractivity contribution in [1.82, 2.24) is 0 Å². The maximum atomic E-state index is 5.48. The van der Waals surface area contributed by atoms with Crippen molar-refractivity contribution in [3.8, 4) is 5.75 Å². The van der Waals surface area contributed by atoms with Crippen LogP contribution in [0.3, 0.4) is 0 Å². The predicted octanol–water partition coefficient (Wildman–Crippen LogP) is 1.51. The Bertz CT molecular complexity index is 210. The van der Waals surface area contributed by atoms with Crippen LogP contribution in [0.1, 0.15) is 5.56 Å². The average molecular weight is 152 g/mol. The fourth-order valence-corrected chi connectivity index (χ4v) is 1.51. The van der Waals surface area contributed by atoms with Crippen molar-refractivity contribution in [1.29, 1.82) is 0 Å². The molecule has 54 valence electrons. The summed E-state index contributed by atoms with van der Waals surface area (Å²) in [6.45, 7) is 4.20. The topological polar surface area (TPSA) is 9.23 Å². The Morgan fingerprint density at radius 3 is 2.60 bits per heavy atom. The third kappa shape index (κ3) is 1.61. The van der Waals surface area contributed by atoms with Gasteiger partial charge in [-0.1, -0.05) is 18.2 Å². The first-order chi connectivity index (χ1) is 4.84. The van der Waals surface area contributed by atoms with Gasteiger partial charge in [0.2, 0.25) is 9.76 Å². The molecule has 0 N–H and O–H groups in total. The molecule has 1 rings (SSSR count). The minimum absolute atomic E-state index is 0.306. The largest absolute Gasteiger partial charge is 0.549 e. The Morgan fingerprint density at radius 1 is 1.30 bits per heavy atom. The van der Waals surface area contributed by atoms with Crippen LogP contribution in [-0.4, -0.2) is 9.76 Å². The molecule has 0 aliphatic rings. The summed E-state index contributed by atoms with van der Waals surface area (Å²) in [5.74, 6) is 1.05. The van der Waals surface area contributed by atoms with Gasteiger partial charge in [0.15, 0.2) is 0 Å². The molecule has 10 heavy (non-hydrogen) atoms.